The highest BCUT2D eigenvalue weighted by atomic mass is 32.2. The fourth-order valence-corrected chi connectivity index (χ4v) is 2.62. The van der Waals surface area contributed by atoms with E-state index in [-0.39, 0.29) is 6.61 Å². The molecule has 0 N–H and O–H groups in total. The third kappa shape index (κ3) is 3.94. The minimum absolute atomic E-state index is 0.255. The average molecular weight is 330 g/mol. The summed E-state index contributed by atoms with van der Waals surface area (Å²) in [5.41, 5.74) is 1.93. The quantitative estimate of drug-likeness (QED) is 0.471. The Hall–Kier alpha value is -1.70. The van der Waals surface area contributed by atoms with Gasteiger partial charge in [-0.1, -0.05) is 30.2 Å². The molecule has 0 heterocycles. The lowest BCUT2D eigenvalue weighted by Crippen LogP contribution is -2.12. The van der Waals surface area contributed by atoms with Crippen LogP contribution in [0.15, 0.2) is 48.5 Å². The first kappa shape index (κ1) is 16.7. The molecule has 0 atom stereocenters. The Balaban J connectivity index is 2.19. The number of ether oxygens (including phenoxy) is 2. The highest BCUT2D eigenvalue weighted by Crippen LogP contribution is 2.40. The summed E-state index contributed by atoms with van der Waals surface area (Å²) in [5, 5.41) is 0. The number of benzene rings is 2. The van der Waals surface area contributed by atoms with Crippen molar-refractivity contribution in [3.63, 3.8) is 0 Å². The molecule has 0 saturated heterocycles. The largest absolute Gasteiger partial charge is 0.494 e. The number of rotatable bonds is 6. The van der Waals surface area contributed by atoms with E-state index in [1.54, 1.807) is 0 Å². The minimum atomic E-state index is -0.699. The smallest absolute Gasteiger partial charge is 0.148 e. The SMILES string of the molecule is C#CCOc1ccc(C(S)(S)c2ccc(OCC)cc2)cc1. The van der Waals surface area contributed by atoms with Crippen molar-refractivity contribution in [1.82, 2.24) is 0 Å². The van der Waals surface area contributed by atoms with Gasteiger partial charge >= 0.3 is 0 Å². The van der Waals surface area contributed by atoms with Gasteiger partial charge in [-0.15, -0.1) is 6.42 Å². The lowest BCUT2D eigenvalue weighted by Gasteiger charge is -2.24. The standard InChI is InChI=1S/C18H18O2S2/c1-3-13-20-17-11-7-15(8-12-17)18(21,22)14-5-9-16(10-6-14)19-4-2/h1,5-12,21-22H,4,13H2,2H3. The fourth-order valence-electron chi connectivity index (χ4n) is 2.03. The molecular weight excluding hydrogens is 312 g/mol. The maximum absolute atomic E-state index is 5.45. The lowest BCUT2D eigenvalue weighted by atomic mass is 10.0. The molecule has 0 aromatic heterocycles. The van der Waals surface area contributed by atoms with Crippen LogP contribution in [-0.2, 0) is 4.08 Å². The molecule has 0 aliphatic heterocycles. The summed E-state index contributed by atoms with van der Waals surface area (Å²) in [6, 6.07) is 15.4. The second-order valence-corrected chi connectivity index (χ2v) is 6.34. The first-order valence-corrected chi connectivity index (χ1v) is 7.82. The molecule has 2 aromatic rings. The third-order valence-electron chi connectivity index (χ3n) is 3.15. The van der Waals surface area contributed by atoms with Gasteiger partial charge in [-0.05, 0) is 42.3 Å². The van der Waals surface area contributed by atoms with E-state index in [1.807, 2.05) is 55.5 Å². The topological polar surface area (TPSA) is 18.5 Å². The van der Waals surface area contributed by atoms with Crippen LogP contribution in [0.4, 0.5) is 0 Å². The van der Waals surface area contributed by atoms with Crippen LogP contribution >= 0.6 is 25.3 Å². The lowest BCUT2D eigenvalue weighted by molar-refractivity contribution is 0.340. The van der Waals surface area contributed by atoms with Gasteiger partial charge in [-0.2, -0.15) is 25.3 Å². The van der Waals surface area contributed by atoms with Gasteiger partial charge < -0.3 is 9.47 Å². The van der Waals surface area contributed by atoms with Crippen LogP contribution in [0.2, 0.25) is 0 Å². The number of hydrogen-bond donors (Lipinski definition) is 2. The molecule has 0 spiro atoms. The zero-order valence-corrected chi connectivity index (χ0v) is 14.1. The Bertz CT molecular complexity index is 640. The molecule has 4 heteroatoms. The van der Waals surface area contributed by atoms with Gasteiger partial charge in [0.15, 0.2) is 0 Å². The van der Waals surface area contributed by atoms with E-state index in [9.17, 15) is 0 Å². The second kappa shape index (κ2) is 7.53. The molecule has 22 heavy (non-hydrogen) atoms. The molecular formula is C18H18O2S2. The van der Waals surface area contributed by atoms with Crippen LogP contribution in [0.5, 0.6) is 11.5 Å². The van der Waals surface area contributed by atoms with Crippen molar-refractivity contribution in [2.24, 2.45) is 0 Å². The molecule has 0 fully saturated rings. The van der Waals surface area contributed by atoms with E-state index in [0.29, 0.717) is 6.61 Å². The third-order valence-corrected chi connectivity index (χ3v) is 4.18. The Kier molecular flexibility index (Phi) is 5.70. The van der Waals surface area contributed by atoms with Crippen molar-refractivity contribution in [1.29, 1.82) is 0 Å². The van der Waals surface area contributed by atoms with E-state index < -0.39 is 4.08 Å². The van der Waals surface area contributed by atoms with Crippen LogP contribution in [-0.4, -0.2) is 13.2 Å². The van der Waals surface area contributed by atoms with Crippen molar-refractivity contribution in [3.05, 3.63) is 59.7 Å². The Morgan fingerprint density at radius 1 is 0.909 bits per heavy atom. The predicted octanol–water partition coefficient (Wildman–Crippen LogP) is 4.16. The van der Waals surface area contributed by atoms with E-state index in [4.69, 9.17) is 41.2 Å². The summed E-state index contributed by atoms with van der Waals surface area (Å²) in [4.78, 5) is 0. The highest BCUT2D eigenvalue weighted by Gasteiger charge is 2.25. The van der Waals surface area contributed by atoms with Crippen molar-refractivity contribution < 1.29 is 9.47 Å². The first-order valence-electron chi connectivity index (χ1n) is 6.92. The summed E-state index contributed by atoms with van der Waals surface area (Å²) < 4.78 is 10.1. The van der Waals surface area contributed by atoms with Gasteiger partial charge in [0.25, 0.3) is 0 Å². The molecule has 0 unspecified atom stereocenters. The predicted molar refractivity (Wildman–Crippen MR) is 97.1 cm³/mol. The van der Waals surface area contributed by atoms with Gasteiger partial charge in [0.1, 0.15) is 22.2 Å². The van der Waals surface area contributed by atoms with Crippen molar-refractivity contribution in [3.8, 4) is 23.8 Å². The summed E-state index contributed by atoms with van der Waals surface area (Å²) in [5.74, 6) is 4.00. The van der Waals surface area contributed by atoms with Gasteiger partial charge in [0.2, 0.25) is 0 Å². The van der Waals surface area contributed by atoms with Crippen molar-refractivity contribution in [2.45, 2.75) is 11.0 Å². The molecule has 0 radical (unpaired) electrons. The molecule has 2 aromatic carbocycles. The first-order chi connectivity index (χ1) is 10.6. The molecule has 0 aliphatic rings. The van der Waals surface area contributed by atoms with Crippen LogP contribution in [0.1, 0.15) is 18.1 Å². The number of terminal acetylenes is 1. The van der Waals surface area contributed by atoms with Crippen LogP contribution < -0.4 is 9.47 Å². The summed E-state index contributed by atoms with van der Waals surface area (Å²) >= 11 is 9.41. The zero-order chi connectivity index (χ0) is 16.0. The molecule has 0 amide bonds. The van der Waals surface area contributed by atoms with Gasteiger partial charge in [0.05, 0.1) is 6.61 Å². The molecule has 0 bridgehead atoms. The van der Waals surface area contributed by atoms with Crippen molar-refractivity contribution >= 4 is 25.3 Å². The fraction of sp³-hybridized carbons (Fsp3) is 0.222. The van der Waals surface area contributed by atoms with Gasteiger partial charge in [0, 0.05) is 0 Å². The minimum Gasteiger partial charge on any atom is -0.494 e. The van der Waals surface area contributed by atoms with E-state index in [1.165, 1.54) is 0 Å². The zero-order valence-electron chi connectivity index (χ0n) is 12.3. The Morgan fingerprint density at radius 2 is 1.36 bits per heavy atom. The van der Waals surface area contributed by atoms with Gasteiger partial charge in [-0.25, -0.2) is 0 Å². The highest BCUT2D eigenvalue weighted by molar-refractivity contribution is 8.00. The maximum atomic E-state index is 5.45. The Labute approximate surface area is 142 Å². The van der Waals surface area contributed by atoms with Crippen LogP contribution in [0.25, 0.3) is 0 Å². The van der Waals surface area contributed by atoms with Crippen LogP contribution in [0, 0.1) is 12.3 Å². The number of hydrogen-bond acceptors (Lipinski definition) is 4. The summed E-state index contributed by atoms with van der Waals surface area (Å²) in [6.07, 6.45) is 5.18. The van der Waals surface area contributed by atoms with E-state index in [2.05, 4.69) is 5.92 Å². The van der Waals surface area contributed by atoms with E-state index >= 15 is 0 Å². The molecule has 0 saturated carbocycles. The monoisotopic (exact) mass is 330 g/mol. The molecule has 0 aliphatic carbocycles. The second-order valence-electron chi connectivity index (χ2n) is 4.65. The molecule has 2 rings (SSSR count). The average Bonchev–Trinajstić information content (AvgIpc) is 2.54. The number of thiol groups is 2. The van der Waals surface area contributed by atoms with E-state index in [0.717, 1.165) is 22.6 Å². The molecule has 2 nitrogen and oxygen atoms in total. The van der Waals surface area contributed by atoms with Crippen molar-refractivity contribution in [2.75, 3.05) is 13.2 Å². The summed E-state index contributed by atoms with van der Waals surface area (Å²) in [7, 11) is 0. The normalized spacial score (nSPS) is 10.8. The Morgan fingerprint density at radius 3 is 1.77 bits per heavy atom. The van der Waals surface area contributed by atoms with Gasteiger partial charge in [-0.3, -0.25) is 0 Å². The molecule has 114 valence electrons. The van der Waals surface area contributed by atoms with Crippen LogP contribution in [0.3, 0.4) is 0 Å². The summed E-state index contributed by atoms with van der Waals surface area (Å²) in [6.45, 7) is 2.86. The maximum Gasteiger partial charge on any atom is 0.148 e.